The van der Waals surface area contributed by atoms with Crippen molar-refractivity contribution in [2.45, 2.75) is 20.4 Å². The Labute approximate surface area is 100 Å². The minimum absolute atomic E-state index is 0.0705. The van der Waals surface area contributed by atoms with Crippen molar-refractivity contribution in [1.82, 2.24) is 9.29 Å². The largest absolute Gasteiger partial charge is 0.478 e. The van der Waals surface area contributed by atoms with Crippen LogP contribution >= 0.6 is 0 Å². The van der Waals surface area contributed by atoms with Crippen LogP contribution in [0.5, 0.6) is 0 Å². The van der Waals surface area contributed by atoms with Crippen molar-refractivity contribution >= 4 is 16.0 Å². The minimum Gasteiger partial charge on any atom is -0.478 e. The molecule has 96 valence electrons. The highest BCUT2D eigenvalue weighted by Gasteiger charge is 2.16. The number of carboxylic acids is 1. The van der Waals surface area contributed by atoms with Gasteiger partial charge in [0.15, 0.2) is 0 Å². The monoisotopic (exact) mass is 260 g/mol. The predicted octanol–water partition coefficient (Wildman–Crippen LogP) is 0.352. The van der Waals surface area contributed by atoms with Crippen molar-refractivity contribution in [1.29, 1.82) is 0 Å². The molecule has 2 N–H and O–H groups in total. The molecule has 0 amide bonds. The first-order valence-electron chi connectivity index (χ1n) is 5.09. The highest BCUT2D eigenvalue weighted by molar-refractivity contribution is 7.89. The molecule has 0 saturated heterocycles. The van der Waals surface area contributed by atoms with Crippen molar-refractivity contribution in [3.63, 3.8) is 0 Å². The first-order valence-corrected chi connectivity index (χ1v) is 6.75. The Morgan fingerprint density at radius 2 is 2.06 bits per heavy atom. The van der Waals surface area contributed by atoms with Gasteiger partial charge in [0.1, 0.15) is 0 Å². The zero-order valence-corrected chi connectivity index (χ0v) is 10.8. The lowest BCUT2D eigenvalue weighted by molar-refractivity contribution is 0.0696. The molecule has 7 heteroatoms. The van der Waals surface area contributed by atoms with E-state index in [2.05, 4.69) is 4.72 Å². The Balaban J connectivity index is 2.97. The number of aromatic carboxylic acids is 1. The van der Waals surface area contributed by atoms with E-state index in [1.165, 1.54) is 7.05 Å². The van der Waals surface area contributed by atoms with Gasteiger partial charge in [0.2, 0.25) is 10.0 Å². The van der Waals surface area contributed by atoms with Crippen LogP contribution in [0.4, 0.5) is 0 Å². The van der Waals surface area contributed by atoms with Crippen LogP contribution in [0, 0.1) is 13.8 Å². The van der Waals surface area contributed by atoms with Gasteiger partial charge in [0.25, 0.3) is 0 Å². The summed E-state index contributed by atoms with van der Waals surface area (Å²) in [4.78, 5) is 10.9. The van der Waals surface area contributed by atoms with E-state index in [4.69, 9.17) is 5.11 Å². The molecular weight excluding hydrogens is 244 g/mol. The lowest BCUT2D eigenvalue weighted by Crippen LogP contribution is -2.25. The number of carbonyl (C=O) groups is 1. The van der Waals surface area contributed by atoms with Crippen LogP contribution < -0.4 is 4.72 Å². The zero-order valence-electron chi connectivity index (χ0n) is 10.0. The van der Waals surface area contributed by atoms with Crippen molar-refractivity contribution < 1.29 is 18.3 Å². The fourth-order valence-corrected chi connectivity index (χ4v) is 2.30. The number of carboxylic acid groups (broad SMARTS) is 1. The van der Waals surface area contributed by atoms with Gasteiger partial charge in [-0.15, -0.1) is 0 Å². The second-order valence-electron chi connectivity index (χ2n) is 3.76. The second-order valence-corrected chi connectivity index (χ2v) is 5.81. The number of rotatable bonds is 5. The standard InChI is InChI=1S/C10H16N2O4S/c1-7-6-9(10(13)14)8(2)12(7)4-5-17(15,16)11-3/h6,11H,4-5H2,1-3H3,(H,13,14). The Hall–Kier alpha value is -1.34. The topological polar surface area (TPSA) is 88.4 Å². The first-order chi connectivity index (χ1) is 7.78. The van der Waals surface area contributed by atoms with E-state index in [0.717, 1.165) is 5.69 Å². The summed E-state index contributed by atoms with van der Waals surface area (Å²) in [5.74, 6) is -1.07. The van der Waals surface area contributed by atoms with E-state index in [0.29, 0.717) is 5.69 Å². The molecule has 0 atom stereocenters. The number of aryl methyl sites for hydroxylation is 1. The van der Waals surface area contributed by atoms with Crippen LogP contribution in [-0.2, 0) is 16.6 Å². The number of sulfonamides is 1. The zero-order chi connectivity index (χ0) is 13.2. The molecule has 0 aliphatic carbocycles. The van der Waals surface area contributed by atoms with Crippen LogP contribution in [-0.4, -0.2) is 36.9 Å². The van der Waals surface area contributed by atoms with Gasteiger partial charge >= 0.3 is 5.97 Å². The molecule has 17 heavy (non-hydrogen) atoms. The quantitative estimate of drug-likeness (QED) is 0.799. The van der Waals surface area contributed by atoms with Crippen molar-refractivity contribution in [2.24, 2.45) is 0 Å². The smallest absolute Gasteiger partial charge is 0.337 e. The van der Waals surface area contributed by atoms with Crippen LogP contribution in [0.15, 0.2) is 6.07 Å². The van der Waals surface area contributed by atoms with Crippen molar-refractivity contribution in [3.05, 3.63) is 23.0 Å². The molecule has 0 spiro atoms. The van der Waals surface area contributed by atoms with Crippen molar-refractivity contribution in [3.8, 4) is 0 Å². The molecule has 0 aromatic carbocycles. The Morgan fingerprint density at radius 1 is 1.47 bits per heavy atom. The highest BCUT2D eigenvalue weighted by Crippen LogP contribution is 2.15. The normalized spacial score (nSPS) is 11.7. The van der Waals surface area contributed by atoms with Gasteiger partial charge in [-0.25, -0.2) is 17.9 Å². The highest BCUT2D eigenvalue weighted by atomic mass is 32.2. The van der Waals surface area contributed by atoms with Crippen LogP contribution in [0.3, 0.4) is 0 Å². The molecule has 6 nitrogen and oxygen atoms in total. The molecule has 0 bridgehead atoms. The number of aromatic nitrogens is 1. The van der Waals surface area contributed by atoms with E-state index < -0.39 is 16.0 Å². The third kappa shape index (κ3) is 3.07. The Kier molecular flexibility index (Phi) is 3.94. The second kappa shape index (κ2) is 4.89. The van der Waals surface area contributed by atoms with Gasteiger partial charge in [-0.05, 0) is 27.0 Å². The molecule has 0 aliphatic rings. The maximum Gasteiger partial charge on any atom is 0.337 e. The average Bonchev–Trinajstić information content (AvgIpc) is 2.52. The summed E-state index contributed by atoms with van der Waals surface area (Å²) >= 11 is 0. The maximum absolute atomic E-state index is 11.3. The molecule has 0 radical (unpaired) electrons. The van der Waals surface area contributed by atoms with Crippen LogP contribution in [0.2, 0.25) is 0 Å². The Bertz CT molecular complexity index is 531. The third-order valence-corrected chi connectivity index (χ3v) is 4.04. The average molecular weight is 260 g/mol. The van der Waals surface area contributed by atoms with E-state index >= 15 is 0 Å². The summed E-state index contributed by atoms with van der Waals surface area (Å²) in [5.41, 5.74) is 1.52. The van der Waals surface area contributed by atoms with Gasteiger partial charge in [0.05, 0.1) is 11.3 Å². The lowest BCUT2D eigenvalue weighted by atomic mass is 10.2. The first kappa shape index (κ1) is 13.7. The summed E-state index contributed by atoms with van der Waals surface area (Å²) in [6, 6.07) is 1.55. The Morgan fingerprint density at radius 3 is 2.47 bits per heavy atom. The summed E-state index contributed by atoms with van der Waals surface area (Å²) < 4.78 is 26.5. The van der Waals surface area contributed by atoms with E-state index in [1.807, 2.05) is 0 Å². The van der Waals surface area contributed by atoms with E-state index in [-0.39, 0.29) is 17.9 Å². The SMILES string of the molecule is CNS(=O)(=O)CCn1c(C)cc(C(=O)O)c1C. The van der Waals surface area contributed by atoms with Gasteiger partial charge in [-0.1, -0.05) is 0 Å². The molecule has 1 aromatic heterocycles. The predicted molar refractivity (Wildman–Crippen MR) is 63.7 cm³/mol. The van der Waals surface area contributed by atoms with Gasteiger partial charge in [-0.2, -0.15) is 0 Å². The van der Waals surface area contributed by atoms with Crippen LogP contribution in [0.25, 0.3) is 0 Å². The molecule has 0 aliphatic heterocycles. The number of hydrogen-bond donors (Lipinski definition) is 2. The summed E-state index contributed by atoms with van der Waals surface area (Å²) in [6.45, 7) is 3.67. The molecule has 1 rings (SSSR count). The number of nitrogens with one attached hydrogen (secondary N) is 1. The molecule has 1 heterocycles. The molecule has 1 aromatic rings. The number of nitrogens with zero attached hydrogens (tertiary/aromatic N) is 1. The molecule has 0 unspecified atom stereocenters. The lowest BCUT2D eigenvalue weighted by Gasteiger charge is -2.09. The van der Waals surface area contributed by atoms with Gasteiger partial charge in [-0.3, -0.25) is 0 Å². The van der Waals surface area contributed by atoms with Crippen LogP contribution in [0.1, 0.15) is 21.7 Å². The minimum atomic E-state index is -3.28. The summed E-state index contributed by atoms with van der Waals surface area (Å²) in [5, 5.41) is 8.93. The van der Waals surface area contributed by atoms with E-state index in [1.54, 1.807) is 24.5 Å². The maximum atomic E-state index is 11.3. The van der Waals surface area contributed by atoms with E-state index in [9.17, 15) is 13.2 Å². The number of hydrogen-bond acceptors (Lipinski definition) is 3. The third-order valence-electron chi connectivity index (χ3n) is 2.70. The molecule has 0 fully saturated rings. The van der Waals surface area contributed by atoms with Gasteiger partial charge in [0, 0.05) is 17.9 Å². The van der Waals surface area contributed by atoms with Gasteiger partial charge < -0.3 is 9.67 Å². The summed E-state index contributed by atoms with van der Waals surface area (Å²) in [6.07, 6.45) is 0. The molecule has 0 saturated carbocycles. The van der Waals surface area contributed by atoms with Crippen molar-refractivity contribution in [2.75, 3.05) is 12.8 Å². The molecular formula is C10H16N2O4S. The fraction of sp³-hybridized carbons (Fsp3) is 0.500. The fourth-order valence-electron chi connectivity index (χ4n) is 1.68. The summed E-state index contributed by atoms with van der Waals surface area (Å²) in [7, 11) is -1.93.